The number of rotatable bonds is 2. The van der Waals surface area contributed by atoms with Gasteiger partial charge in [0.15, 0.2) is 0 Å². The first-order chi connectivity index (χ1) is 4.83. The largest absolute Gasteiger partial charge is 0.399 e. The summed E-state index contributed by atoms with van der Waals surface area (Å²) in [5.41, 5.74) is 7.57. The van der Waals surface area contributed by atoms with E-state index in [1.165, 1.54) is 16.4 Å². The van der Waals surface area contributed by atoms with Crippen LogP contribution in [0.5, 0.6) is 0 Å². The Hall–Kier alpha value is -0.280. The summed E-state index contributed by atoms with van der Waals surface area (Å²) in [5, 5.41) is 0. The molecule has 0 saturated heterocycles. The molecule has 10 heavy (non-hydrogen) atoms. The summed E-state index contributed by atoms with van der Waals surface area (Å²) in [6.07, 6.45) is 0. The number of thiol groups is 1. The second-order valence-corrected chi connectivity index (χ2v) is 3.34. The molecule has 2 N–H and O–H groups in total. The topological polar surface area (TPSA) is 26.0 Å². The van der Waals surface area contributed by atoms with Gasteiger partial charge < -0.3 is 5.73 Å². The predicted molar refractivity (Wildman–Crippen MR) is 51.1 cm³/mol. The van der Waals surface area contributed by atoms with E-state index in [9.17, 15) is 0 Å². The summed E-state index contributed by atoms with van der Waals surface area (Å²) < 4.78 is 0. The number of anilines is 1. The van der Waals surface area contributed by atoms with Crippen LogP contribution in [0.2, 0.25) is 0 Å². The van der Waals surface area contributed by atoms with Crippen LogP contribution < -0.4 is 5.73 Å². The van der Waals surface area contributed by atoms with Crippen molar-refractivity contribution in [2.24, 2.45) is 0 Å². The van der Waals surface area contributed by atoms with Crippen LogP contribution >= 0.6 is 22.5 Å². The highest BCUT2D eigenvalue weighted by Gasteiger charge is 1.89. The zero-order valence-electron chi connectivity index (χ0n) is 5.45. The molecule has 54 valence electrons. The molecule has 0 atom stereocenters. The molecule has 0 aliphatic heterocycles. The van der Waals surface area contributed by atoms with Gasteiger partial charge in [-0.1, -0.05) is 22.9 Å². The molecule has 0 aliphatic carbocycles. The van der Waals surface area contributed by atoms with Crippen molar-refractivity contribution in [2.75, 3.05) is 5.73 Å². The number of hydrogen-bond acceptors (Lipinski definition) is 3. The van der Waals surface area contributed by atoms with Gasteiger partial charge in [-0.25, -0.2) is 0 Å². The Morgan fingerprint density at radius 3 is 2.40 bits per heavy atom. The van der Waals surface area contributed by atoms with Gasteiger partial charge in [-0.05, 0) is 17.7 Å². The van der Waals surface area contributed by atoms with Crippen molar-refractivity contribution in [1.82, 2.24) is 0 Å². The molecule has 1 nitrogen and oxygen atoms in total. The van der Waals surface area contributed by atoms with E-state index in [2.05, 4.69) is 11.7 Å². The summed E-state index contributed by atoms with van der Waals surface area (Å²) in [7, 11) is 1.51. The van der Waals surface area contributed by atoms with Crippen LogP contribution in [-0.2, 0) is 5.75 Å². The molecule has 1 rings (SSSR count). The quantitative estimate of drug-likeness (QED) is 0.406. The SMILES string of the molecule is Nc1ccc(CSS)cc1. The second-order valence-electron chi connectivity index (χ2n) is 2.02. The average molecular weight is 171 g/mol. The smallest absolute Gasteiger partial charge is 0.0314 e. The Morgan fingerprint density at radius 1 is 1.30 bits per heavy atom. The van der Waals surface area contributed by atoms with Gasteiger partial charge in [0.05, 0.1) is 0 Å². The molecule has 0 spiro atoms. The third-order valence-corrected chi connectivity index (χ3v) is 2.06. The first-order valence-electron chi connectivity index (χ1n) is 2.93. The lowest BCUT2D eigenvalue weighted by atomic mass is 10.2. The molecule has 0 amide bonds. The van der Waals surface area contributed by atoms with Crippen LogP contribution in [0, 0.1) is 0 Å². The Morgan fingerprint density at radius 2 is 1.90 bits per heavy atom. The molecule has 0 aromatic heterocycles. The van der Waals surface area contributed by atoms with E-state index in [0.29, 0.717) is 0 Å². The fraction of sp³-hybridized carbons (Fsp3) is 0.143. The summed E-state index contributed by atoms with van der Waals surface area (Å²) in [5.74, 6) is 0.934. The molecule has 0 fully saturated rings. The zero-order valence-corrected chi connectivity index (χ0v) is 7.16. The maximum Gasteiger partial charge on any atom is 0.0314 e. The maximum absolute atomic E-state index is 5.50. The van der Waals surface area contributed by atoms with Crippen molar-refractivity contribution in [3.8, 4) is 0 Å². The van der Waals surface area contributed by atoms with E-state index < -0.39 is 0 Å². The van der Waals surface area contributed by atoms with Crippen LogP contribution in [0.3, 0.4) is 0 Å². The zero-order chi connectivity index (χ0) is 7.40. The summed E-state index contributed by atoms with van der Waals surface area (Å²) in [6, 6.07) is 7.83. The molecule has 1 aromatic carbocycles. The molecule has 0 heterocycles. The van der Waals surface area contributed by atoms with E-state index in [1.54, 1.807) is 0 Å². The van der Waals surface area contributed by atoms with Crippen molar-refractivity contribution in [1.29, 1.82) is 0 Å². The van der Waals surface area contributed by atoms with Crippen molar-refractivity contribution in [2.45, 2.75) is 5.75 Å². The number of nitrogen functional groups attached to an aromatic ring is 1. The number of nitrogens with two attached hydrogens (primary N) is 1. The normalized spacial score (nSPS) is 9.70. The fourth-order valence-corrected chi connectivity index (χ4v) is 1.48. The van der Waals surface area contributed by atoms with E-state index in [-0.39, 0.29) is 0 Å². The highest BCUT2D eigenvalue weighted by atomic mass is 33.1. The summed E-state index contributed by atoms with van der Waals surface area (Å²) in [4.78, 5) is 0. The van der Waals surface area contributed by atoms with Gasteiger partial charge in [0.25, 0.3) is 0 Å². The Balaban J connectivity index is 2.69. The fourth-order valence-electron chi connectivity index (χ4n) is 0.688. The highest BCUT2D eigenvalue weighted by molar-refractivity contribution is 8.68. The lowest BCUT2D eigenvalue weighted by Crippen LogP contribution is -1.84. The summed E-state index contributed by atoms with van der Waals surface area (Å²) in [6.45, 7) is 0. The summed E-state index contributed by atoms with van der Waals surface area (Å²) >= 11 is 4.04. The van der Waals surface area contributed by atoms with Gasteiger partial charge in [-0.2, -0.15) is 0 Å². The third kappa shape index (κ3) is 2.15. The third-order valence-electron chi connectivity index (χ3n) is 1.21. The Bertz CT molecular complexity index is 195. The van der Waals surface area contributed by atoms with Crippen LogP contribution in [0.1, 0.15) is 5.56 Å². The molecule has 0 saturated carbocycles. The van der Waals surface area contributed by atoms with Crippen LogP contribution in [0.15, 0.2) is 24.3 Å². The molecular formula is C7H9NS2. The number of benzene rings is 1. The molecule has 0 unspecified atom stereocenters. The first kappa shape index (κ1) is 7.82. The monoisotopic (exact) mass is 171 g/mol. The minimum absolute atomic E-state index is 0.813. The first-order valence-corrected chi connectivity index (χ1v) is 4.97. The van der Waals surface area contributed by atoms with Crippen molar-refractivity contribution in [3.63, 3.8) is 0 Å². The standard InChI is InChI=1S/C7H9NS2/c8-7-3-1-6(2-4-7)5-10-9/h1-4,9H,5,8H2. The molecule has 1 aromatic rings. The lowest BCUT2D eigenvalue weighted by Gasteiger charge is -1.96. The number of hydrogen-bond donors (Lipinski definition) is 2. The lowest BCUT2D eigenvalue weighted by molar-refractivity contribution is 1.43. The van der Waals surface area contributed by atoms with Crippen LogP contribution in [-0.4, -0.2) is 0 Å². The molecule has 0 aliphatic rings. The average Bonchev–Trinajstić information content (AvgIpc) is 1.95. The van der Waals surface area contributed by atoms with E-state index >= 15 is 0 Å². The van der Waals surface area contributed by atoms with Gasteiger partial charge in [-0.15, -0.1) is 11.7 Å². The van der Waals surface area contributed by atoms with Gasteiger partial charge in [0, 0.05) is 11.4 Å². The Labute approximate surface area is 69.8 Å². The van der Waals surface area contributed by atoms with Crippen LogP contribution in [0.4, 0.5) is 5.69 Å². The maximum atomic E-state index is 5.50. The van der Waals surface area contributed by atoms with E-state index in [0.717, 1.165) is 11.4 Å². The van der Waals surface area contributed by atoms with Gasteiger partial charge in [0.1, 0.15) is 0 Å². The van der Waals surface area contributed by atoms with Gasteiger partial charge in [-0.3, -0.25) is 0 Å². The van der Waals surface area contributed by atoms with Crippen molar-refractivity contribution >= 4 is 28.1 Å². The van der Waals surface area contributed by atoms with Gasteiger partial charge >= 0.3 is 0 Å². The minimum Gasteiger partial charge on any atom is -0.399 e. The van der Waals surface area contributed by atoms with Gasteiger partial charge in [0.2, 0.25) is 0 Å². The van der Waals surface area contributed by atoms with Crippen LogP contribution in [0.25, 0.3) is 0 Å². The second kappa shape index (κ2) is 3.78. The van der Waals surface area contributed by atoms with Crippen molar-refractivity contribution < 1.29 is 0 Å². The highest BCUT2D eigenvalue weighted by Crippen LogP contribution is 2.15. The van der Waals surface area contributed by atoms with Crippen molar-refractivity contribution in [3.05, 3.63) is 29.8 Å². The minimum atomic E-state index is 0.813. The molecular weight excluding hydrogens is 162 g/mol. The predicted octanol–water partition coefficient (Wildman–Crippen LogP) is 2.35. The molecule has 0 bridgehead atoms. The van der Waals surface area contributed by atoms with E-state index in [4.69, 9.17) is 5.73 Å². The van der Waals surface area contributed by atoms with E-state index in [1.807, 2.05) is 24.3 Å². The molecule has 3 heteroatoms. The molecule has 0 radical (unpaired) electrons. The Kier molecular flexibility index (Phi) is 2.96.